The summed E-state index contributed by atoms with van der Waals surface area (Å²) in [5, 5.41) is 18.7. The summed E-state index contributed by atoms with van der Waals surface area (Å²) in [4.78, 5) is 26.4. The Hall–Kier alpha value is -3.70. The molecule has 0 aliphatic carbocycles. The predicted octanol–water partition coefficient (Wildman–Crippen LogP) is 7.08. The summed E-state index contributed by atoms with van der Waals surface area (Å²) in [6.07, 6.45) is -0.0478. The minimum absolute atomic E-state index is 0.0511. The van der Waals surface area contributed by atoms with Gasteiger partial charge in [0.05, 0.1) is 12.2 Å². The van der Waals surface area contributed by atoms with Crippen LogP contribution in [0.4, 0.5) is 14.9 Å². The number of aryl methyl sites for hydroxylation is 1. The summed E-state index contributed by atoms with van der Waals surface area (Å²) in [7, 11) is 0. The molecule has 234 valence electrons. The van der Waals surface area contributed by atoms with Gasteiger partial charge < -0.3 is 25.8 Å². The van der Waals surface area contributed by atoms with Crippen molar-refractivity contribution in [2.75, 3.05) is 24.2 Å². The third-order valence-electron chi connectivity index (χ3n) is 7.67. The fraction of sp³-hybridized carbons (Fsp3) is 0.257. The van der Waals surface area contributed by atoms with E-state index in [0.717, 1.165) is 16.7 Å². The predicted molar refractivity (Wildman–Crippen MR) is 179 cm³/mol. The maximum atomic E-state index is 14.3. The number of nitrogens with one attached hydrogen (secondary N) is 3. The molecule has 4 aromatic rings. The van der Waals surface area contributed by atoms with Crippen molar-refractivity contribution in [3.05, 3.63) is 130 Å². The summed E-state index contributed by atoms with van der Waals surface area (Å²) >= 11 is 4.73. The largest absolute Gasteiger partial charge is 0.465 e. The van der Waals surface area contributed by atoms with E-state index in [2.05, 4.69) is 31.9 Å². The van der Waals surface area contributed by atoms with Crippen molar-refractivity contribution in [2.45, 2.75) is 41.9 Å². The second kappa shape index (κ2) is 16.0. The summed E-state index contributed by atoms with van der Waals surface area (Å²) in [5.41, 5.74) is 3.20. The molecule has 1 fully saturated rings. The molecule has 45 heavy (non-hydrogen) atoms. The average molecular weight is 693 g/mol. The van der Waals surface area contributed by atoms with Crippen LogP contribution in [-0.2, 0) is 16.0 Å². The first-order valence-corrected chi connectivity index (χ1v) is 16.6. The van der Waals surface area contributed by atoms with Gasteiger partial charge in [0.1, 0.15) is 11.9 Å². The Kier molecular flexibility index (Phi) is 11.6. The highest BCUT2D eigenvalue weighted by molar-refractivity contribution is 9.10. The number of hydrogen-bond acceptors (Lipinski definition) is 5. The quantitative estimate of drug-likeness (QED) is 0.119. The van der Waals surface area contributed by atoms with E-state index >= 15 is 0 Å². The molecule has 10 heteroatoms. The Morgan fingerprint density at radius 3 is 2.24 bits per heavy atom. The number of carboxylic acid groups (broad SMARTS) is 1. The van der Waals surface area contributed by atoms with Crippen molar-refractivity contribution >= 4 is 45.4 Å². The van der Waals surface area contributed by atoms with Gasteiger partial charge in [0, 0.05) is 39.8 Å². The highest BCUT2D eigenvalue weighted by Gasteiger charge is 2.33. The number of carbonyl (C=O) groups excluding carboxylic acids is 1. The molecule has 7 nitrogen and oxygen atoms in total. The van der Waals surface area contributed by atoms with Crippen molar-refractivity contribution in [1.29, 1.82) is 0 Å². The lowest BCUT2D eigenvalue weighted by Crippen LogP contribution is -2.47. The molecule has 0 bridgehead atoms. The van der Waals surface area contributed by atoms with E-state index < -0.39 is 24.0 Å². The van der Waals surface area contributed by atoms with Crippen LogP contribution in [0.15, 0.2) is 112 Å². The van der Waals surface area contributed by atoms with Gasteiger partial charge in [-0.1, -0.05) is 94.8 Å². The number of ether oxygens (including phenoxy) is 1. The van der Waals surface area contributed by atoms with Gasteiger partial charge in [-0.05, 0) is 53.8 Å². The van der Waals surface area contributed by atoms with E-state index in [-0.39, 0.29) is 18.0 Å². The van der Waals surface area contributed by atoms with E-state index in [1.165, 1.54) is 17.8 Å². The molecule has 1 unspecified atom stereocenters. The van der Waals surface area contributed by atoms with E-state index in [4.69, 9.17) is 4.74 Å². The van der Waals surface area contributed by atoms with Crippen molar-refractivity contribution in [2.24, 2.45) is 0 Å². The Morgan fingerprint density at radius 1 is 0.933 bits per heavy atom. The Bertz CT molecular complexity index is 1540. The summed E-state index contributed by atoms with van der Waals surface area (Å²) in [6, 6.07) is 30.4. The molecule has 0 spiro atoms. The standard InChI is InChI=1S/C35H35BrFN3O4S/c36-26-16-18-31(29(37)19-26)45-22-28-21-38-20-27(44-28)17-15-23-9-7-8-14-30(23)39-34(41)33(40-35(42)43)32(24-10-3-1-4-11-24)25-12-5-2-6-13-25/h1-14,16,18-19,27-28,32-33,38,40H,15,17,20-22H2,(H,39,41)(H,42,43)/t27-,28+,33?/m1/s1. The molecule has 0 radical (unpaired) electrons. The number of benzene rings is 4. The lowest BCUT2D eigenvalue weighted by atomic mass is 9.84. The number of thioether (sulfide) groups is 1. The normalized spacial score (nSPS) is 17.0. The van der Waals surface area contributed by atoms with Gasteiger partial charge in [0.15, 0.2) is 0 Å². The molecule has 4 aromatic carbocycles. The number of hydrogen-bond donors (Lipinski definition) is 4. The van der Waals surface area contributed by atoms with Crippen LogP contribution in [0, 0.1) is 5.82 Å². The molecule has 1 saturated heterocycles. The van der Waals surface area contributed by atoms with Gasteiger partial charge in [0.2, 0.25) is 5.91 Å². The molecule has 4 N–H and O–H groups in total. The van der Waals surface area contributed by atoms with Crippen LogP contribution in [0.2, 0.25) is 0 Å². The monoisotopic (exact) mass is 691 g/mol. The lowest BCUT2D eigenvalue weighted by molar-refractivity contribution is -0.118. The van der Waals surface area contributed by atoms with E-state index in [9.17, 15) is 19.1 Å². The van der Waals surface area contributed by atoms with Gasteiger partial charge in [0.25, 0.3) is 0 Å². The third kappa shape index (κ3) is 9.17. The third-order valence-corrected chi connectivity index (χ3v) is 9.34. The molecule has 1 aliphatic rings. The van der Waals surface area contributed by atoms with Gasteiger partial charge in [-0.3, -0.25) is 4.79 Å². The van der Waals surface area contributed by atoms with Crippen LogP contribution in [0.1, 0.15) is 29.0 Å². The zero-order chi connectivity index (χ0) is 31.6. The highest BCUT2D eigenvalue weighted by Crippen LogP contribution is 2.30. The van der Waals surface area contributed by atoms with E-state index in [0.29, 0.717) is 46.7 Å². The SMILES string of the molecule is O=C(O)NC(C(=O)Nc1ccccc1CC[C@@H]1CNC[C@@H](CSc2ccc(Br)cc2F)O1)C(c1ccccc1)c1ccccc1. The van der Waals surface area contributed by atoms with Crippen molar-refractivity contribution < 1.29 is 23.8 Å². The molecule has 1 heterocycles. The van der Waals surface area contributed by atoms with Gasteiger partial charge in [-0.2, -0.15) is 0 Å². The smallest absolute Gasteiger partial charge is 0.405 e. The maximum absolute atomic E-state index is 14.3. The zero-order valence-corrected chi connectivity index (χ0v) is 26.9. The molecular weight excluding hydrogens is 657 g/mol. The second-order valence-corrected chi connectivity index (χ2v) is 12.8. The number of para-hydroxylation sites is 1. The van der Waals surface area contributed by atoms with Crippen molar-refractivity contribution in [3.8, 4) is 0 Å². The Labute approximate surface area is 275 Å². The number of amides is 2. The molecule has 2 amide bonds. The van der Waals surface area contributed by atoms with Crippen molar-refractivity contribution in [3.63, 3.8) is 0 Å². The number of halogens is 2. The maximum Gasteiger partial charge on any atom is 0.405 e. The van der Waals surface area contributed by atoms with Crippen LogP contribution in [-0.4, -0.2) is 54.2 Å². The number of anilines is 1. The van der Waals surface area contributed by atoms with E-state index in [1.54, 1.807) is 6.07 Å². The molecule has 0 aromatic heterocycles. The molecule has 3 atom stereocenters. The van der Waals surface area contributed by atoms with Gasteiger partial charge in [-0.25, -0.2) is 9.18 Å². The van der Waals surface area contributed by atoms with Gasteiger partial charge in [-0.15, -0.1) is 11.8 Å². The summed E-state index contributed by atoms with van der Waals surface area (Å²) < 4.78 is 21.3. The fourth-order valence-electron chi connectivity index (χ4n) is 5.54. The zero-order valence-electron chi connectivity index (χ0n) is 24.5. The Morgan fingerprint density at radius 2 is 1.58 bits per heavy atom. The van der Waals surface area contributed by atoms with Crippen molar-refractivity contribution in [1.82, 2.24) is 10.6 Å². The van der Waals surface area contributed by atoms with Crippen LogP contribution in [0.5, 0.6) is 0 Å². The number of morpholine rings is 1. The van der Waals surface area contributed by atoms with Crippen LogP contribution < -0.4 is 16.0 Å². The number of carbonyl (C=O) groups is 2. The summed E-state index contributed by atoms with van der Waals surface area (Å²) in [6.45, 7) is 1.39. The first kappa shape index (κ1) is 32.7. The first-order chi connectivity index (χ1) is 21.9. The minimum Gasteiger partial charge on any atom is -0.465 e. The second-order valence-electron chi connectivity index (χ2n) is 10.8. The first-order valence-electron chi connectivity index (χ1n) is 14.8. The van der Waals surface area contributed by atoms with Crippen LogP contribution >= 0.6 is 27.7 Å². The minimum atomic E-state index is -1.28. The van der Waals surface area contributed by atoms with E-state index in [1.807, 2.05) is 91.0 Å². The average Bonchev–Trinajstić information content (AvgIpc) is 3.05. The van der Waals surface area contributed by atoms with Gasteiger partial charge >= 0.3 is 6.09 Å². The lowest BCUT2D eigenvalue weighted by Gasteiger charge is -2.31. The molecular formula is C35H35BrFN3O4S. The number of rotatable bonds is 12. The van der Waals surface area contributed by atoms with Crippen LogP contribution in [0.3, 0.4) is 0 Å². The molecule has 5 rings (SSSR count). The van der Waals surface area contributed by atoms with Crippen LogP contribution in [0.25, 0.3) is 0 Å². The summed E-state index contributed by atoms with van der Waals surface area (Å²) in [5.74, 6) is -0.627. The molecule has 1 aliphatic heterocycles. The Balaban J connectivity index is 1.26. The molecule has 0 saturated carbocycles. The highest BCUT2D eigenvalue weighted by atomic mass is 79.9. The fourth-order valence-corrected chi connectivity index (χ4v) is 6.79. The topological polar surface area (TPSA) is 99.7 Å².